The molecule has 1 saturated heterocycles. The Morgan fingerprint density at radius 2 is 1.71 bits per heavy atom. The Bertz CT molecular complexity index is 801. The van der Waals surface area contributed by atoms with Gasteiger partial charge in [0, 0.05) is 25.0 Å². The van der Waals surface area contributed by atoms with Crippen molar-refractivity contribution >= 4 is 23.4 Å². The van der Waals surface area contributed by atoms with Crippen LogP contribution in [0.25, 0.3) is 0 Å². The maximum atomic E-state index is 12.6. The Kier molecular flexibility index (Phi) is 7.10. The molecule has 148 valence electrons. The molecule has 0 saturated carbocycles. The molecule has 1 fully saturated rings. The number of piperidine rings is 1. The van der Waals surface area contributed by atoms with Gasteiger partial charge in [-0.3, -0.25) is 9.59 Å². The minimum absolute atomic E-state index is 0.0329. The van der Waals surface area contributed by atoms with Gasteiger partial charge in [0.15, 0.2) is 0 Å². The van der Waals surface area contributed by atoms with Gasteiger partial charge in [-0.1, -0.05) is 54.1 Å². The molecule has 0 radical (unpaired) electrons. The number of carbonyl (C=O) groups excluding carboxylic acids is 2. The summed E-state index contributed by atoms with van der Waals surface area (Å²) in [6.07, 6.45) is 3.24. The maximum Gasteiger partial charge on any atom is 0.255 e. The second-order valence-corrected chi connectivity index (χ2v) is 7.89. The van der Waals surface area contributed by atoms with Crippen LogP contribution in [0, 0.1) is 5.92 Å². The Morgan fingerprint density at radius 3 is 2.39 bits per heavy atom. The third-order valence-electron chi connectivity index (χ3n) is 5.35. The molecule has 2 aromatic carbocycles. The van der Waals surface area contributed by atoms with E-state index in [-0.39, 0.29) is 23.8 Å². The first-order valence-corrected chi connectivity index (χ1v) is 10.3. The first kappa shape index (κ1) is 20.4. The highest BCUT2D eigenvalue weighted by Gasteiger charge is 2.28. The molecule has 3 rings (SSSR count). The lowest BCUT2D eigenvalue weighted by atomic mass is 9.94. The standard InChI is InChI=1S/C23H27ClN2O2/c1-17(11-12-18-7-3-2-4-8-18)25-22(27)19-13-15-26(16-14-19)23(28)20-9-5-6-10-21(20)24/h2-10,17,19H,11-16H2,1H3,(H,25,27). The molecule has 0 spiro atoms. The fourth-order valence-corrected chi connectivity index (χ4v) is 3.83. The lowest BCUT2D eigenvalue weighted by Crippen LogP contribution is -2.45. The fourth-order valence-electron chi connectivity index (χ4n) is 3.61. The van der Waals surface area contributed by atoms with E-state index in [1.807, 2.05) is 30.3 Å². The third-order valence-corrected chi connectivity index (χ3v) is 5.68. The zero-order valence-electron chi connectivity index (χ0n) is 16.2. The van der Waals surface area contributed by atoms with Crippen molar-refractivity contribution < 1.29 is 9.59 Å². The van der Waals surface area contributed by atoms with Gasteiger partial charge in [-0.25, -0.2) is 0 Å². The van der Waals surface area contributed by atoms with Gasteiger partial charge in [0.2, 0.25) is 5.91 Å². The summed E-state index contributed by atoms with van der Waals surface area (Å²) in [5.41, 5.74) is 1.82. The molecule has 0 aliphatic carbocycles. The largest absolute Gasteiger partial charge is 0.353 e. The molecule has 4 nitrogen and oxygen atoms in total. The summed E-state index contributed by atoms with van der Waals surface area (Å²) in [4.78, 5) is 27.0. The lowest BCUT2D eigenvalue weighted by Gasteiger charge is -2.32. The number of hydrogen-bond acceptors (Lipinski definition) is 2. The zero-order chi connectivity index (χ0) is 19.9. The van der Waals surface area contributed by atoms with Crippen LogP contribution in [0.2, 0.25) is 5.02 Å². The number of rotatable bonds is 6. The van der Waals surface area contributed by atoms with Crippen LogP contribution in [-0.4, -0.2) is 35.8 Å². The highest BCUT2D eigenvalue weighted by molar-refractivity contribution is 6.33. The van der Waals surface area contributed by atoms with Crippen LogP contribution in [-0.2, 0) is 11.2 Å². The number of halogens is 1. The van der Waals surface area contributed by atoms with Crippen molar-refractivity contribution in [1.82, 2.24) is 10.2 Å². The van der Waals surface area contributed by atoms with Crippen molar-refractivity contribution in [3.05, 3.63) is 70.7 Å². The van der Waals surface area contributed by atoms with Crippen LogP contribution < -0.4 is 5.32 Å². The summed E-state index contributed by atoms with van der Waals surface area (Å²) in [6, 6.07) is 17.6. The van der Waals surface area contributed by atoms with Gasteiger partial charge in [-0.2, -0.15) is 0 Å². The van der Waals surface area contributed by atoms with Gasteiger partial charge in [0.25, 0.3) is 5.91 Å². The minimum atomic E-state index is -0.0549. The smallest absolute Gasteiger partial charge is 0.255 e. The molecule has 28 heavy (non-hydrogen) atoms. The first-order valence-electron chi connectivity index (χ1n) is 9.92. The van der Waals surface area contributed by atoms with Gasteiger partial charge >= 0.3 is 0 Å². The number of likely N-dealkylation sites (tertiary alicyclic amines) is 1. The predicted molar refractivity (Wildman–Crippen MR) is 112 cm³/mol. The molecule has 1 N–H and O–H groups in total. The van der Waals surface area contributed by atoms with Crippen LogP contribution in [0.15, 0.2) is 54.6 Å². The number of hydrogen-bond donors (Lipinski definition) is 1. The topological polar surface area (TPSA) is 49.4 Å². The van der Waals surface area contributed by atoms with E-state index in [1.165, 1.54) is 5.56 Å². The summed E-state index contributed by atoms with van der Waals surface area (Å²) in [5, 5.41) is 3.61. The Balaban J connectivity index is 1.44. The number of amides is 2. The minimum Gasteiger partial charge on any atom is -0.353 e. The van der Waals surface area contributed by atoms with Crippen molar-refractivity contribution in [1.29, 1.82) is 0 Å². The van der Waals surface area contributed by atoms with Crippen molar-refractivity contribution in [3.8, 4) is 0 Å². The van der Waals surface area contributed by atoms with E-state index in [9.17, 15) is 9.59 Å². The Morgan fingerprint density at radius 1 is 1.07 bits per heavy atom. The number of nitrogens with zero attached hydrogens (tertiary/aromatic N) is 1. The average Bonchev–Trinajstić information content (AvgIpc) is 2.73. The van der Waals surface area contributed by atoms with Crippen LogP contribution in [0.1, 0.15) is 42.1 Å². The molecule has 0 aromatic heterocycles. The first-order chi connectivity index (χ1) is 13.5. The van der Waals surface area contributed by atoms with Crippen molar-refractivity contribution in [2.75, 3.05) is 13.1 Å². The molecule has 2 aromatic rings. The van der Waals surface area contributed by atoms with Crippen LogP contribution >= 0.6 is 11.6 Å². The molecule has 1 aliphatic heterocycles. The molecule has 5 heteroatoms. The van der Waals surface area contributed by atoms with E-state index in [4.69, 9.17) is 11.6 Å². The van der Waals surface area contributed by atoms with Crippen molar-refractivity contribution in [2.45, 2.75) is 38.6 Å². The van der Waals surface area contributed by atoms with Crippen LogP contribution in [0.5, 0.6) is 0 Å². The van der Waals surface area contributed by atoms with Gasteiger partial charge < -0.3 is 10.2 Å². The maximum absolute atomic E-state index is 12.6. The molecule has 1 unspecified atom stereocenters. The van der Waals surface area contributed by atoms with Crippen LogP contribution in [0.4, 0.5) is 0 Å². The number of nitrogens with one attached hydrogen (secondary N) is 1. The van der Waals surface area contributed by atoms with E-state index in [0.29, 0.717) is 36.5 Å². The quantitative estimate of drug-likeness (QED) is 0.787. The highest BCUT2D eigenvalue weighted by atomic mass is 35.5. The average molecular weight is 399 g/mol. The van der Waals surface area contributed by atoms with Crippen LogP contribution in [0.3, 0.4) is 0 Å². The second kappa shape index (κ2) is 9.74. The normalized spacial score (nSPS) is 15.9. The lowest BCUT2D eigenvalue weighted by molar-refractivity contribution is -0.126. The Labute approximate surface area is 171 Å². The summed E-state index contributed by atoms with van der Waals surface area (Å²) in [7, 11) is 0. The van der Waals surface area contributed by atoms with Gasteiger partial charge in [0.1, 0.15) is 0 Å². The molecule has 1 heterocycles. The van der Waals surface area contributed by atoms with E-state index < -0.39 is 0 Å². The van der Waals surface area contributed by atoms with E-state index in [1.54, 1.807) is 17.0 Å². The van der Waals surface area contributed by atoms with Gasteiger partial charge in [-0.05, 0) is 50.3 Å². The highest BCUT2D eigenvalue weighted by Crippen LogP contribution is 2.22. The molecule has 2 amide bonds. The fraction of sp³-hybridized carbons (Fsp3) is 0.391. The third kappa shape index (κ3) is 5.35. The van der Waals surface area contributed by atoms with Gasteiger partial charge in [-0.15, -0.1) is 0 Å². The molecule has 1 aliphatic rings. The zero-order valence-corrected chi connectivity index (χ0v) is 17.0. The summed E-state index contributed by atoms with van der Waals surface area (Å²) in [5.74, 6) is 0.0144. The molecular formula is C23H27ClN2O2. The van der Waals surface area contributed by atoms with E-state index in [2.05, 4.69) is 24.4 Å². The number of aryl methyl sites for hydroxylation is 1. The molecular weight excluding hydrogens is 372 g/mol. The number of benzene rings is 2. The predicted octanol–water partition coefficient (Wildman–Crippen LogP) is 4.33. The summed E-state index contributed by atoms with van der Waals surface area (Å²) in [6.45, 7) is 3.22. The monoisotopic (exact) mass is 398 g/mol. The molecule has 0 bridgehead atoms. The summed E-state index contributed by atoms with van der Waals surface area (Å²) < 4.78 is 0. The Hall–Kier alpha value is -2.33. The van der Waals surface area contributed by atoms with Crippen molar-refractivity contribution in [3.63, 3.8) is 0 Å². The van der Waals surface area contributed by atoms with E-state index in [0.717, 1.165) is 12.8 Å². The molecule has 1 atom stereocenters. The SMILES string of the molecule is CC(CCc1ccccc1)NC(=O)C1CCN(C(=O)c2ccccc2Cl)CC1. The van der Waals surface area contributed by atoms with Gasteiger partial charge in [0.05, 0.1) is 10.6 Å². The van der Waals surface area contributed by atoms with E-state index >= 15 is 0 Å². The number of carbonyl (C=O) groups is 2. The second-order valence-electron chi connectivity index (χ2n) is 7.48. The van der Waals surface area contributed by atoms with Crippen molar-refractivity contribution in [2.24, 2.45) is 5.92 Å². The summed E-state index contributed by atoms with van der Waals surface area (Å²) >= 11 is 6.14.